The van der Waals surface area contributed by atoms with E-state index in [0.717, 1.165) is 0 Å². The first-order valence-electron chi connectivity index (χ1n) is 24.3. The number of carbonyl (C=O) groups is 2. The van der Waals surface area contributed by atoms with Gasteiger partial charge in [0.15, 0.2) is 0 Å². The summed E-state index contributed by atoms with van der Waals surface area (Å²) in [5.41, 5.74) is 6.60. The monoisotopic (exact) mass is 1070 g/mol. The van der Waals surface area contributed by atoms with Crippen molar-refractivity contribution < 1.29 is 9.59 Å². The van der Waals surface area contributed by atoms with Gasteiger partial charge in [-0.25, -0.2) is 46.7 Å². The van der Waals surface area contributed by atoms with E-state index in [2.05, 4.69) is 53.8 Å². The Balaban J connectivity index is 0.000000186. The van der Waals surface area contributed by atoms with Crippen molar-refractivity contribution in [2.45, 2.75) is 0 Å². The van der Waals surface area contributed by atoms with Gasteiger partial charge in [-0.3, -0.25) is 14.6 Å². The Morgan fingerprint density at radius 2 is 0.723 bits per heavy atom. The first-order valence-corrected chi connectivity index (χ1v) is 24.3. The zero-order chi connectivity index (χ0) is 58.8. The number of fused-ring (bicyclic) bond motifs is 4. The van der Waals surface area contributed by atoms with E-state index in [1.54, 1.807) is 164 Å². The maximum atomic E-state index is 13.1. The Kier molecular flexibility index (Phi) is 17.4. The highest BCUT2D eigenvalue weighted by Crippen LogP contribution is 2.35. The van der Waals surface area contributed by atoms with Crippen LogP contribution in [0, 0.1) is 99.0 Å². The minimum Gasteiger partial charge on any atom is -0.301 e. The smallest absolute Gasteiger partial charge is 0.298 e. The molecule has 1 aliphatic rings. The number of rotatable bonds is 4. The van der Waals surface area contributed by atoms with E-state index in [1.807, 2.05) is 30.3 Å². The van der Waals surface area contributed by atoms with Gasteiger partial charge in [0.25, 0.3) is 17.9 Å². The van der Waals surface area contributed by atoms with E-state index < -0.39 is 0 Å². The lowest BCUT2D eigenvalue weighted by atomic mass is 9.89. The van der Waals surface area contributed by atoms with Crippen LogP contribution in [-0.2, 0) is 0 Å². The fraction of sp³-hybridized carbons (Fsp3) is 0.0152. The maximum Gasteiger partial charge on any atom is 0.298 e. The molecule has 17 nitrogen and oxygen atoms in total. The summed E-state index contributed by atoms with van der Waals surface area (Å²) in [6, 6.07) is 60.1. The van der Waals surface area contributed by atoms with E-state index in [4.69, 9.17) is 45.5 Å². The molecule has 3 heterocycles. The van der Waals surface area contributed by atoms with Crippen molar-refractivity contribution in [2.75, 3.05) is 6.54 Å². The molecule has 0 spiro atoms. The lowest BCUT2D eigenvalue weighted by Gasteiger charge is -2.19. The Hall–Kier alpha value is -13.7. The maximum absolute atomic E-state index is 13.1. The molecule has 0 bridgehead atoms. The van der Waals surface area contributed by atoms with Crippen LogP contribution in [-0.4, -0.2) is 43.0 Å². The van der Waals surface area contributed by atoms with Crippen molar-refractivity contribution in [1.82, 2.24) is 24.9 Å². The van der Waals surface area contributed by atoms with Crippen molar-refractivity contribution >= 4 is 44.8 Å². The van der Waals surface area contributed by atoms with Crippen LogP contribution in [0.1, 0.15) is 54.4 Å². The topological polar surface area (TPSA) is 278 Å². The SMILES string of the molecule is N#Cc1ccc(-c2nc3c(nc2-c2ccc(C#N)cc2)C(=O)c2ccccc2C3=O)cc1.[C-]#[N+]/C(C#N)=c1\c2ccccc2/c(=C(/C#N)[N+]#[C-])c2nc(-c3ccc(C#N)cc3)c(-c3ccc(C#N)cc3)nc12.[C-]#[N+]CC#N.c1ccncc1. The molecule has 0 fully saturated rings. The standard InChI is InChI=1S/C32H12N8.C26H12N4O2.C5H5N.C3H2N2/c1-37-25(17-35)27-23-5-3-4-6-24(23)28(26(18-36)38-2)32-31(27)39-29(21-11-7-19(15-33)8-12-21)30(40-32)22-13-9-20(16-34)10-14-22;27-13-15-5-9-17(10-6-15)21-22(18-11-7-16(14-28)8-12-18)30-24-23(29-21)25(31)19-3-1-2-4-20(19)26(24)32;1-2-4-6-5-3-1;1-5-3-2-4/h3-14H;1-12H;1-5H;3H2/b27-25+,28-26+;;;. The molecule has 382 valence electrons. The Bertz CT molecular complexity index is 4490. The van der Waals surface area contributed by atoms with Crippen LogP contribution in [0.15, 0.2) is 176 Å². The molecule has 83 heavy (non-hydrogen) atoms. The summed E-state index contributed by atoms with van der Waals surface area (Å²) in [6.45, 7) is 21.4. The van der Waals surface area contributed by atoms with E-state index in [1.165, 1.54) is 0 Å². The van der Waals surface area contributed by atoms with Gasteiger partial charge in [0.2, 0.25) is 11.6 Å². The Morgan fingerprint density at radius 1 is 0.398 bits per heavy atom. The molecule has 0 amide bonds. The second kappa shape index (κ2) is 25.9. The van der Waals surface area contributed by atoms with Crippen LogP contribution >= 0.6 is 0 Å². The number of hydrogen-bond donors (Lipinski definition) is 0. The molecular weight excluding hydrogens is 1030 g/mol. The number of ketones is 2. The summed E-state index contributed by atoms with van der Waals surface area (Å²) >= 11 is 0. The summed E-state index contributed by atoms with van der Waals surface area (Å²) in [5.74, 6) is -0.715. The van der Waals surface area contributed by atoms with Gasteiger partial charge >= 0.3 is 0 Å². The van der Waals surface area contributed by atoms with E-state index in [9.17, 15) is 30.6 Å². The van der Waals surface area contributed by atoms with Gasteiger partial charge in [0.05, 0.1) is 106 Å². The van der Waals surface area contributed by atoms with Crippen molar-refractivity contribution in [3.05, 3.63) is 266 Å². The largest absolute Gasteiger partial charge is 0.301 e. The van der Waals surface area contributed by atoms with Crippen molar-refractivity contribution in [1.29, 1.82) is 36.8 Å². The molecular formula is C66H31N15O2. The summed E-state index contributed by atoms with van der Waals surface area (Å²) in [4.78, 5) is 58.8. The molecule has 1 aliphatic carbocycles. The third-order valence-corrected chi connectivity index (χ3v) is 12.4. The second-order valence-corrected chi connectivity index (χ2v) is 17.1. The highest BCUT2D eigenvalue weighted by molar-refractivity contribution is 6.27. The molecule has 17 heteroatoms. The summed E-state index contributed by atoms with van der Waals surface area (Å²) < 4.78 is 0. The van der Waals surface area contributed by atoms with Crippen LogP contribution in [0.3, 0.4) is 0 Å². The molecule has 0 saturated carbocycles. The fourth-order valence-corrected chi connectivity index (χ4v) is 8.56. The third kappa shape index (κ3) is 11.7. The lowest BCUT2D eigenvalue weighted by Crippen LogP contribution is -2.24. The summed E-state index contributed by atoms with van der Waals surface area (Å²) in [6.07, 6.45) is 3.50. The summed E-state index contributed by atoms with van der Waals surface area (Å²) in [7, 11) is 0. The van der Waals surface area contributed by atoms with Crippen molar-refractivity contribution in [2.24, 2.45) is 0 Å². The molecule has 0 radical (unpaired) electrons. The fourth-order valence-electron chi connectivity index (χ4n) is 8.56. The highest BCUT2D eigenvalue weighted by Gasteiger charge is 2.34. The molecule has 0 unspecified atom stereocenters. The van der Waals surface area contributed by atoms with Gasteiger partial charge in [0, 0.05) is 56.2 Å². The average molecular weight is 1070 g/mol. The van der Waals surface area contributed by atoms with Gasteiger partial charge < -0.3 is 4.85 Å². The van der Waals surface area contributed by atoms with Gasteiger partial charge in [-0.1, -0.05) is 103 Å². The Morgan fingerprint density at radius 3 is 0.964 bits per heavy atom. The molecule has 0 N–H and O–H groups in total. The first-order chi connectivity index (χ1) is 40.6. The number of nitriles is 7. The summed E-state index contributed by atoms with van der Waals surface area (Å²) in [5, 5.41) is 65.6. The zero-order valence-electron chi connectivity index (χ0n) is 43.0. The first kappa shape index (κ1) is 55.6. The van der Waals surface area contributed by atoms with Crippen LogP contribution in [0.2, 0.25) is 0 Å². The minimum atomic E-state index is -0.357. The molecule has 7 aromatic carbocycles. The van der Waals surface area contributed by atoms with Crippen LogP contribution in [0.25, 0.3) is 92.8 Å². The quantitative estimate of drug-likeness (QED) is 0.0900. The molecule has 3 aromatic heterocycles. The van der Waals surface area contributed by atoms with E-state index >= 15 is 0 Å². The highest BCUT2D eigenvalue weighted by atomic mass is 16.1. The van der Waals surface area contributed by atoms with Crippen LogP contribution < -0.4 is 10.4 Å². The number of benzene rings is 7. The molecule has 11 rings (SSSR count). The molecule has 0 atom stereocenters. The predicted molar refractivity (Wildman–Crippen MR) is 305 cm³/mol. The van der Waals surface area contributed by atoms with Crippen molar-refractivity contribution in [3.63, 3.8) is 0 Å². The predicted octanol–water partition coefficient (Wildman–Crippen LogP) is 10.8. The number of aromatic nitrogens is 5. The van der Waals surface area contributed by atoms with Gasteiger partial charge in [0.1, 0.15) is 17.5 Å². The lowest BCUT2D eigenvalue weighted by molar-refractivity contribution is 0.0971. The number of pyridine rings is 1. The normalized spacial score (nSPS) is 11.0. The molecule has 0 saturated heterocycles. The van der Waals surface area contributed by atoms with Gasteiger partial charge in [-0.15, -0.1) is 0 Å². The zero-order valence-corrected chi connectivity index (χ0v) is 43.0. The van der Waals surface area contributed by atoms with Crippen LogP contribution in [0.4, 0.5) is 0 Å². The second-order valence-electron chi connectivity index (χ2n) is 17.1. The average Bonchev–Trinajstić information content (AvgIpc) is 2.26. The minimum absolute atomic E-state index is 0.00505. The molecule has 0 aliphatic heterocycles. The number of hydrogen-bond acceptors (Lipinski definition) is 14. The van der Waals surface area contributed by atoms with E-state index in [-0.39, 0.29) is 62.4 Å². The molecule has 10 aromatic rings. The van der Waals surface area contributed by atoms with Gasteiger partial charge in [-0.2, -0.15) is 26.3 Å². The van der Waals surface area contributed by atoms with Crippen LogP contribution in [0.5, 0.6) is 0 Å². The number of nitrogens with zero attached hydrogens (tertiary/aromatic N) is 15. The van der Waals surface area contributed by atoms with E-state index in [0.29, 0.717) is 89.2 Å². The van der Waals surface area contributed by atoms with Crippen molar-refractivity contribution in [3.8, 4) is 87.5 Å². The number of carbonyl (C=O) groups excluding carboxylic acids is 2. The Labute approximate surface area is 473 Å². The van der Waals surface area contributed by atoms with Gasteiger partial charge in [-0.05, 0) is 71.4 Å². The third-order valence-electron chi connectivity index (χ3n) is 12.4.